The van der Waals surface area contributed by atoms with E-state index in [1.54, 1.807) is 13.8 Å². The fourth-order valence-electron chi connectivity index (χ4n) is 2.82. The number of nitrogens with one attached hydrogen (secondary N) is 1. The lowest BCUT2D eigenvalue weighted by Gasteiger charge is -2.28. The summed E-state index contributed by atoms with van der Waals surface area (Å²) >= 11 is 0. The average Bonchev–Trinajstić information content (AvgIpc) is 2.86. The topological polar surface area (TPSA) is 88.0 Å². The highest BCUT2D eigenvalue weighted by Gasteiger charge is 2.38. The van der Waals surface area contributed by atoms with Crippen LogP contribution in [0.25, 0.3) is 0 Å². The van der Waals surface area contributed by atoms with E-state index in [2.05, 4.69) is 5.32 Å². The van der Waals surface area contributed by atoms with Crippen LogP contribution in [0.1, 0.15) is 32.3 Å². The molecule has 1 saturated carbocycles. The van der Waals surface area contributed by atoms with E-state index >= 15 is 0 Å². The van der Waals surface area contributed by atoms with Crippen molar-refractivity contribution < 1.29 is 24.5 Å². The molecule has 23 heavy (non-hydrogen) atoms. The highest BCUT2D eigenvalue weighted by atomic mass is 16.6. The fraction of sp³-hybridized carbons (Fsp3) is 0.588. The molecule has 3 atom stereocenters. The van der Waals surface area contributed by atoms with E-state index in [9.17, 15) is 15.0 Å². The average molecular weight is 323 g/mol. The van der Waals surface area contributed by atoms with Gasteiger partial charge in [0.2, 0.25) is 0 Å². The monoisotopic (exact) mass is 323 g/mol. The Morgan fingerprint density at radius 3 is 2.61 bits per heavy atom. The molecule has 1 aliphatic carbocycles. The molecule has 2 rings (SSSR count). The van der Waals surface area contributed by atoms with Gasteiger partial charge in [0, 0.05) is 6.61 Å². The van der Waals surface area contributed by atoms with Gasteiger partial charge in [-0.25, -0.2) is 4.79 Å². The molecule has 0 heterocycles. The smallest absolute Gasteiger partial charge is 0.407 e. The van der Waals surface area contributed by atoms with E-state index in [1.165, 1.54) is 0 Å². The second-order valence-corrected chi connectivity index (χ2v) is 6.44. The second-order valence-electron chi connectivity index (χ2n) is 6.44. The molecule has 0 unspecified atom stereocenters. The Balaban J connectivity index is 1.86. The lowest BCUT2D eigenvalue weighted by molar-refractivity contribution is -0.208. The first-order valence-electron chi connectivity index (χ1n) is 7.85. The van der Waals surface area contributed by atoms with Crippen LogP contribution in [0.4, 0.5) is 4.79 Å². The van der Waals surface area contributed by atoms with Gasteiger partial charge in [-0.15, -0.1) is 0 Å². The molecular formula is C17H25NO5. The Morgan fingerprint density at radius 2 is 2.00 bits per heavy atom. The third kappa shape index (κ3) is 5.82. The minimum absolute atomic E-state index is 0.0307. The molecule has 1 aromatic rings. The molecule has 0 aromatic heterocycles. The molecule has 1 amide bonds. The predicted octanol–water partition coefficient (Wildman–Crippen LogP) is 1.80. The number of ether oxygens (including phenoxy) is 2. The Bertz CT molecular complexity index is 499. The molecule has 1 aromatic carbocycles. The van der Waals surface area contributed by atoms with Crippen LogP contribution in [0.5, 0.6) is 0 Å². The van der Waals surface area contributed by atoms with E-state index in [4.69, 9.17) is 9.47 Å². The molecule has 6 heteroatoms. The maximum Gasteiger partial charge on any atom is 0.407 e. The van der Waals surface area contributed by atoms with E-state index in [0.29, 0.717) is 12.8 Å². The van der Waals surface area contributed by atoms with Gasteiger partial charge in [-0.3, -0.25) is 0 Å². The standard InChI is InChI=1S/C17H25NO5/c1-17(2,21)23-15-9-13(10-19)8-14(15)18-16(20)22-11-12-6-4-3-5-7-12/h3-7,13-15,19,21H,8-11H2,1-2H3,(H,18,20)/t13-,14+,15+/m0/s1. The molecule has 1 fully saturated rings. The van der Waals surface area contributed by atoms with E-state index in [-0.39, 0.29) is 31.3 Å². The molecule has 0 bridgehead atoms. The first-order chi connectivity index (χ1) is 10.9. The van der Waals surface area contributed by atoms with Crippen molar-refractivity contribution in [2.24, 2.45) is 5.92 Å². The zero-order valence-electron chi connectivity index (χ0n) is 13.6. The number of hydrogen-bond acceptors (Lipinski definition) is 5. The molecule has 1 aliphatic rings. The number of amides is 1. The number of carbonyl (C=O) groups is 1. The zero-order chi connectivity index (χ0) is 16.9. The summed E-state index contributed by atoms with van der Waals surface area (Å²) in [5, 5.41) is 21.9. The normalized spacial score (nSPS) is 24.4. The van der Waals surface area contributed by atoms with Crippen molar-refractivity contribution in [1.82, 2.24) is 5.32 Å². The third-order valence-corrected chi connectivity index (χ3v) is 3.82. The minimum atomic E-state index is -1.29. The summed E-state index contributed by atoms with van der Waals surface area (Å²) in [6.07, 6.45) is 0.306. The van der Waals surface area contributed by atoms with Gasteiger partial charge in [-0.1, -0.05) is 30.3 Å². The number of hydrogen-bond donors (Lipinski definition) is 3. The quantitative estimate of drug-likeness (QED) is 0.695. The second kappa shape index (κ2) is 7.77. The van der Waals surface area contributed by atoms with Gasteiger partial charge in [0.15, 0.2) is 5.79 Å². The summed E-state index contributed by atoms with van der Waals surface area (Å²) in [5.74, 6) is -1.25. The SMILES string of the molecule is CC(C)(O)O[C@@H]1C[C@@H](CO)C[C@H]1NC(=O)OCc1ccccc1. The summed E-state index contributed by atoms with van der Waals surface area (Å²) in [5.41, 5.74) is 0.909. The molecule has 6 nitrogen and oxygen atoms in total. The molecule has 0 aliphatic heterocycles. The van der Waals surface area contributed by atoms with Gasteiger partial charge in [0.1, 0.15) is 6.61 Å². The maximum absolute atomic E-state index is 12.0. The maximum atomic E-state index is 12.0. The van der Waals surface area contributed by atoms with Crippen LogP contribution in [0.3, 0.4) is 0 Å². The van der Waals surface area contributed by atoms with Gasteiger partial charge in [-0.05, 0) is 38.2 Å². The molecule has 0 spiro atoms. The van der Waals surface area contributed by atoms with E-state index < -0.39 is 11.9 Å². The molecule has 128 valence electrons. The predicted molar refractivity (Wildman–Crippen MR) is 84.5 cm³/mol. The number of carbonyl (C=O) groups excluding carboxylic acids is 1. The van der Waals surface area contributed by atoms with Crippen LogP contribution in [-0.2, 0) is 16.1 Å². The molecular weight excluding hydrogens is 298 g/mol. The van der Waals surface area contributed by atoms with Crippen LogP contribution in [0.2, 0.25) is 0 Å². The highest BCUT2D eigenvalue weighted by Crippen LogP contribution is 2.30. The minimum Gasteiger partial charge on any atom is -0.445 e. The summed E-state index contributed by atoms with van der Waals surface area (Å²) in [7, 11) is 0. The summed E-state index contributed by atoms with van der Waals surface area (Å²) in [4.78, 5) is 12.0. The van der Waals surface area contributed by atoms with Crippen molar-refractivity contribution in [2.75, 3.05) is 6.61 Å². The lowest BCUT2D eigenvalue weighted by Crippen LogP contribution is -2.44. The van der Waals surface area contributed by atoms with Gasteiger partial charge in [-0.2, -0.15) is 0 Å². The largest absolute Gasteiger partial charge is 0.445 e. The lowest BCUT2D eigenvalue weighted by atomic mass is 10.1. The van der Waals surface area contributed by atoms with Gasteiger partial charge >= 0.3 is 6.09 Å². The number of benzene rings is 1. The number of alkyl carbamates (subject to hydrolysis) is 1. The van der Waals surface area contributed by atoms with Crippen molar-refractivity contribution in [1.29, 1.82) is 0 Å². The third-order valence-electron chi connectivity index (χ3n) is 3.82. The zero-order valence-corrected chi connectivity index (χ0v) is 13.6. The first-order valence-corrected chi connectivity index (χ1v) is 7.85. The number of aliphatic hydroxyl groups is 2. The van der Waals surface area contributed by atoms with Gasteiger partial charge in [0.05, 0.1) is 12.1 Å². The van der Waals surface area contributed by atoms with Gasteiger partial charge < -0.3 is 25.0 Å². The van der Waals surface area contributed by atoms with E-state index in [0.717, 1.165) is 5.56 Å². The Labute approximate surface area is 136 Å². The molecule has 0 saturated heterocycles. The number of aliphatic hydroxyl groups excluding tert-OH is 1. The van der Waals surface area contributed by atoms with Crippen molar-refractivity contribution in [3.63, 3.8) is 0 Å². The Kier molecular flexibility index (Phi) is 5.98. The molecule has 3 N–H and O–H groups in total. The first kappa shape index (κ1) is 17.7. The van der Waals surface area contributed by atoms with Gasteiger partial charge in [0.25, 0.3) is 0 Å². The van der Waals surface area contributed by atoms with Crippen molar-refractivity contribution in [3.8, 4) is 0 Å². The van der Waals surface area contributed by atoms with Crippen LogP contribution in [-0.4, -0.2) is 40.8 Å². The summed E-state index contributed by atoms with van der Waals surface area (Å²) < 4.78 is 10.8. The van der Waals surface area contributed by atoms with E-state index in [1.807, 2.05) is 30.3 Å². The Hall–Kier alpha value is -1.63. The van der Waals surface area contributed by atoms with Crippen LogP contribution in [0, 0.1) is 5.92 Å². The summed E-state index contributed by atoms with van der Waals surface area (Å²) in [6, 6.07) is 9.13. The number of rotatable bonds is 6. The Morgan fingerprint density at radius 1 is 1.30 bits per heavy atom. The van der Waals surface area contributed by atoms with Crippen LogP contribution in [0.15, 0.2) is 30.3 Å². The van der Waals surface area contributed by atoms with Crippen LogP contribution >= 0.6 is 0 Å². The van der Waals surface area contributed by atoms with Crippen molar-refractivity contribution in [2.45, 2.75) is 51.2 Å². The van der Waals surface area contributed by atoms with Crippen molar-refractivity contribution >= 4 is 6.09 Å². The fourth-order valence-corrected chi connectivity index (χ4v) is 2.82. The van der Waals surface area contributed by atoms with Crippen molar-refractivity contribution in [3.05, 3.63) is 35.9 Å². The van der Waals surface area contributed by atoms with Crippen LogP contribution < -0.4 is 5.32 Å². The summed E-state index contributed by atoms with van der Waals surface area (Å²) in [6.45, 7) is 3.32. The molecule has 0 radical (unpaired) electrons. The highest BCUT2D eigenvalue weighted by molar-refractivity contribution is 5.67.